The van der Waals surface area contributed by atoms with Gasteiger partial charge in [-0.05, 0) is 62.7 Å². The highest BCUT2D eigenvalue weighted by Crippen LogP contribution is 2.20. The fourth-order valence-electron chi connectivity index (χ4n) is 3.90. The molecule has 1 aromatic heterocycles. The second kappa shape index (κ2) is 11.5. The Morgan fingerprint density at radius 1 is 0.897 bits per heavy atom. The van der Waals surface area contributed by atoms with Gasteiger partial charge in [-0.15, -0.1) is 24.8 Å². The first kappa shape index (κ1) is 23.6. The van der Waals surface area contributed by atoms with Gasteiger partial charge in [-0.25, -0.2) is 0 Å². The van der Waals surface area contributed by atoms with Crippen molar-refractivity contribution in [2.24, 2.45) is 0 Å². The normalized spacial score (nSPS) is 17.2. The van der Waals surface area contributed by atoms with Crippen molar-refractivity contribution in [3.8, 4) is 11.3 Å². The highest BCUT2D eigenvalue weighted by molar-refractivity contribution is 5.94. The quantitative estimate of drug-likeness (QED) is 0.794. The van der Waals surface area contributed by atoms with Crippen molar-refractivity contribution >= 4 is 30.7 Å². The van der Waals surface area contributed by atoms with Crippen LogP contribution in [0.5, 0.6) is 0 Å². The zero-order valence-electron chi connectivity index (χ0n) is 16.7. The van der Waals surface area contributed by atoms with Gasteiger partial charge in [-0.1, -0.05) is 18.2 Å². The SMILES string of the molecule is Cl.Cl.O=C(c1ccc(-c2ccc(CN3CCCC3)cn2)cc1)N1CCCNCC1. The van der Waals surface area contributed by atoms with Gasteiger partial charge in [0.2, 0.25) is 0 Å². The summed E-state index contributed by atoms with van der Waals surface area (Å²) in [5.41, 5.74) is 4.03. The fourth-order valence-corrected chi connectivity index (χ4v) is 3.90. The molecular weight excluding hydrogens is 407 g/mol. The van der Waals surface area contributed by atoms with Gasteiger partial charge in [-0.3, -0.25) is 14.7 Å². The summed E-state index contributed by atoms with van der Waals surface area (Å²) in [4.78, 5) is 21.8. The summed E-state index contributed by atoms with van der Waals surface area (Å²) >= 11 is 0. The van der Waals surface area contributed by atoms with E-state index in [9.17, 15) is 4.79 Å². The molecule has 2 saturated heterocycles. The fraction of sp³-hybridized carbons (Fsp3) is 0.455. The van der Waals surface area contributed by atoms with E-state index in [4.69, 9.17) is 0 Å². The average molecular weight is 437 g/mol. The van der Waals surface area contributed by atoms with Crippen molar-refractivity contribution in [1.82, 2.24) is 20.1 Å². The third kappa shape index (κ3) is 6.16. The van der Waals surface area contributed by atoms with Crippen molar-refractivity contribution in [3.05, 3.63) is 53.7 Å². The van der Waals surface area contributed by atoms with E-state index in [0.29, 0.717) is 0 Å². The number of carbonyl (C=O) groups is 1. The van der Waals surface area contributed by atoms with Crippen LogP contribution in [0.4, 0.5) is 0 Å². The first-order valence-corrected chi connectivity index (χ1v) is 10.1. The minimum absolute atomic E-state index is 0. The van der Waals surface area contributed by atoms with Crippen molar-refractivity contribution in [3.63, 3.8) is 0 Å². The van der Waals surface area contributed by atoms with Crippen LogP contribution in [0.1, 0.15) is 35.2 Å². The molecule has 2 fully saturated rings. The smallest absolute Gasteiger partial charge is 0.253 e. The van der Waals surface area contributed by atoms with Crippen LogP contribution >= 0.6 is 24.8 Å². The Kier molecular flexibility index (Phi) is 9.37. The summed E-state index contributed by atoms with van der Waals surface area (Å²) in [6.45, 7) is 6.86. The number of likely N-dealkylation sites (tertiary alicyclic amines) is 1. The first-order valence-electron chi connectivity index (χ1n) is 10.1. The molecule has 0 bridgehead atoms. The number of pyridine rings is 1. The van der Waals surface area contributed by atoms with E-state index < -0.39 is 0 Å². The van der Waals surface area contributed by atoms with Crippen molar-refractivity contribution in [1.29, 1.82) is 0 Å². The molecule has 2 aliphatic rings. The lowest BCUT2D eigenvalue weighted by Crippen LogP contribution is -2.34. The number of hydrogen-bond acceptors (Lipinski definition) is 4. The lowest BCUT2D eigenvalue weighted by molar-refractivity contribution is 0.0766. The van der Waals surface area contributed by atoms with Gasteiger partial charge in [0.1, 0.15) is 0 Å². The molecule has 0 radical (unpaired) electrons. The number of nitrogens with one attached hydrogen (secondary N) is 1. The number of rotatable bonds is 4. The maximum Gasteiger partial charge on any atom is 0.253 e. The van der Waals surface area contributed by atoms with Gasteiger partial charge in [0.25, 0.3) is 5.91 Å². The van der Waals surface area contributed by atoms with Crippen LogP contribution in [0.2, 0.25) is 0 Å². The van der Waals surface area contributed by atoms with Crippen molar-refractivity contribution < 1.29 is 4.79 Å². The third-order valence-electron chi connectivity index (χ3n) is 5.48. The molecule has 0 saturated carbocycles. The average Bonchev–Trinajstić information content (AvgIpc) is 3.07. The highest BCUT2D eigenvalue weighted by Gasteiger charge is 2.17. The Hall–Kier alpha value is -1.66. The van der Waals surface area contributed by atoms with E-state index >= 15 is 0 Å². The number of benzene rings is 1. The van der Waals surface area contributed by atoms with E-state index in [-0.39, 0.29) is 30.7 Å². The van der Waals surface area contributed by atoms with Gasteiger partial charge in [0, 0.05) is 43.5 Å². The molecule has 2 aromatic rings. The molecule has 1 aromatic carbocycles. The molecule has 7 heteroatoms. The highest BCUT2D eigenvalue weighted by atomic mass is 35.5. The van der Waals surface area contributed by atoms with Gasteiger partial charge in [-0.2, -0.15) is 0 Å². The van der Waals surface area contributed by atoms with Gasteiger partial charge >= 0.3 is 0 Å². The predicted octanol–water partition coefficient (Wildman–Crippen LogP) is 3.62. The molecule has 0 atom stereocenters. The van der Waals surface area contributed by atoms with E-state index in [1.54, 1.807) is 0 Å². The second-order valence-electron chi connectivity index (χ2n) is 7.51. The lowest BCUT2D eigenvalue weighted by Gasteiger charge is -2.20. The molecule has 0 spiro atoms. The number of carbonyl (C=O) groups excluding carboxylic acids is 1. The number of nitrogens with zero attached hydrogens (tertiary/aromatic N) is 3. The molecule has 1 amide bonds. The third-order valence-corrected chi connectivity index (χ3v) is 5.48. The lowest BCUT2D eigenvalue weighted by atomic mass is 10.1. The summed E-state index contributed by atoms with van der Waals surface area (Å²) in [7, 11) is 0. The summed E-state index contributed by atoms with van der Waals surface area (Å²) < 4.78 is 0. The zero-order valence-corrected chi connectivity index (χ0v) is 18.3. The Morgan fingerprint density at radius 2 is 1.66 bits per heavy atom. The van der Waals surface area contributed by atoms with Crippen molar-refractivity contribution in [2.75, 3.05) is 39.3 Å². The maximum atomic E-state index is 12.7. The second-order valence-corrected chi connectivity index (χ2v) is 7.51. The molecular formula is C22H30Cl2N4O. The first-order chi connectivity index (χ1) is 13.3. The number of amides is 1. The van der Waals surface area contributed by atoms with E-state index in [1.165, 1.54) is 31.5 Å². The topological polar surface area (TPSA) is 48.5 Å². The van der Waals surface area contributed by atoms with Crippen LogP contribution in [-0.4, -0.2) is 60.0 Å². The zero-order chi connectivity index (χ0) is 18.5. The summed E-state index contributed by atoms with van der Waals surface area (Å²) in [5.74, 6) is 0.124. The van der Waals surface area contributed by atoms with Crippen LogP contribution in [0.15, 0.2) is 42.6 Å². The minimum Gasteiger partial charge on any atom is -0.337 e. The summed E-state index contributed by atoms with van der Waals surface area (Å²) in [6.07, 6.45) is 5.61. The van der Waals surface area contributed by atoms with Crippen LogP contribution in [0.25, 0.3) is 11.3 Å². The van der Waals surface area contributed by atoms with Crippen molar-refractivity contribution in [2.45, 2.75) is 25.8 Å². The van der Waals surface area contributed by atoms with Gasteiger partial charge in [0.15, 0.2) is 0 Å². The molecule has 5 nitrogen and oxygen atoms in total. The monoisotopic (exact) mass is 436 g/mol. The summed E-state index contributed by atoms with van der Waals surface area (Å²) in [6, 6.07) is 12.1. The molecule has 158 valence electrons. The van der Waals surface area contributed by atoms with Crippen LogP contribution in [0.3, 0.4) is 0 Å². The Labute approximate surface area is 185 Å². The van der Waals surface area contributed by atoms with Gasteiger partial charge < -0.3 is 10.2 Å². The molecule has 2 aliphatic heterocycles. The van der Waals surface area contributed by atoms with E-state index in [2.05, 4.69) is 27.3 Å². The molecule has 0 unspecified atom stereocenters. The summed E-state index contributed by atoms with van der Waals surface area (Å²) in [5, 5.41) is 3.34. The molecule has 1 N–H and O–H groups in total. The van der Waals surface area contributed by atoms with Crippen LogP contribution in [0, 0.1) is 0 Å². The largest absolute Gasteiger partial charge is 0.337 e. The minimum atomic E-state index is 0. The Balaban J connectivity index is 0.00000150. The molecule has 3 heterocycles. The number of aromatic nitrogens is 1. The standard InChI is InChI=1S/C22H28N4O.2ClH/c27-22(26-14-3-10-23-11-15-26)20-7-5-19(6-8-20)21-9-4-18(16-24-21)17-25-12-1-2-13-25;;/h4-9,16,23H,1-3,10-15,17H2;2*1H. The molecule has 0 aliphatic carbocycles. The molecule has 4 rings (SSSR count). The van der Waals surface area contributed by atoms with E-state index in [0.717, 1.165) is 56.0 Å². The Bertz CT molecular complexity index is 753. The van der Waals surface area contributed by atoms with Crippen LogP contribution < -0.4 is 5.32 Å². The number of hydrogen-bond donors (Lipinski definition) is 1. The molecule has 29 heavy (non-hydrogen) atoms. The Morgan fingerprint density at radius 3 is 2.34 bits per heavy atom. The predicted molar refractivity (Wildman–Crippen MR) is 122 cm³/mol. The number of halogens is 2. The van der Waals surface area contributed by atoms with Crippen LogP contribution in [-0.2, 0) is 6.54 Å². The van der Waals surface area contributed by atoms with Gasteiger partial charge in [0.05, 0.1) is 5.69 Å². The van der Waals surface area contributed by atoms with E-state index in [1.807, 2.05) is 35.4 Å². The maximum absolute atomic E-state index is 12.7.